The number of nitro benzene ring substituents is 1. The average molecular weight is 251 g/mol. The van der Waals surface area contributed by atoms with Crippen molar-refractivity contribution in [3.8, 4) is 0 Å². The van der Waals surface area contributed by atoms with Gasteiger partial charge in [-0.05, 0) is 6.42 Å². The van der Waals surface area contributed by atoms with Crippen molar-refractivity contribution in [2.24, 2.45) is 0 Å². The first-order valence-electron chi connectivity index (χ1n) is 5.48. The van der Waals surface area contributed by atoms with Crippen LogP contribution in [0.4, 0.5) is 5.69 Å². The van der Waals surface area contributed by atoms with E-state index in [-0.39, 0.29) is 17.9 Å². The third kappa shape index (κ3) is 3.97. The molecule has 0 heterocycles. The molecule has 0 unspecified atom stereocenters. The molecule has 1 aromatic carbocycles. The maximum atomic E-state index is 11.7. The van der Waals surface area contributed by atoms with E-state index in [0.29, 0.717) is 6.42 Å². The van der Waals surface area contributed by atoms with Crippen LogP contribution in [0, 0.1) is 10.1 Å². The molecule has 0 aliphatic rings. The number of rotatable bonds is 6. The normalized spacial score (nSPS) is 9.83. The lowest BCUT2D eigenvalue weighted by Crippen LogP contribution is -2.12. The van der Waals surface area contributed by atoms with E-state index in [0.717, 1.165) is 6.07 Å². The van der Waals surface area contributed by atoms with Crippen LogP contribution in [0.15, 0.2) is 24.3 Å². The predicted molar refractivity (Wildman–Crippen MR) is 63.3 cm³/mol. The summed E-state index contributed by atoms with van der Waals surface area (Å²) in [5.74, 6) is -1.10. The minimum absolute atomic E-state index is 0.137. The lowest BCUT2D eigenvalue weighted by atomic mass is 10.1. The van der Waals surface area contributed by atoms with Crippen molar-refractivity contribution in [1.82, 2.24) is 0 Å². The van der Waals surface area contributed by atoms with Crippen LogP contribution in [0.5, 0.6) is 0 Å². The summed E-state index contributed by atoms with van der Waals surface area (Å²) in [6.07, 6.45) is 0.276. The Morgan fingerprint density at radius 3 is 2.72 bits per heavy atom. The quantitative estimate of drug-likeness (QED) is 0.254. The summed E-state index contributed by atoms with van der Waals surface area (Å²) < 4.78 is 4.77. The van der Waals surface area contributed by atoms with Crippen molar-refractivity contribution in [1.29, 1.82) is 0 Å². The molecule has 1 aromatic rings. The SMILES string of the molecule is CCCOC(=O)CC(=O)c1cccc([N+](=O)[O-])c1. The van der Waals surface area contributed by atoms with Gasteiger partial charge in [-0.3, -0.25) is 19.7 Å². The maximum Gasteiger partial charge on any atom is 0.313 e. The molecule has 0 N–H and O–H groups in total. The molecule has 0 aliphatic heterocycles. The largest absolute Gasteiger partial charge is 0.465 e. The van der Waals surface area contributed by atoms with Crippen LogP contribution in [0.3, 0.4) is 0 Å². The minimum atomic E-state index is -0.617. The fraction of sp³-hybridized carbons (Fsp3) is 0.333. The Morgan fingerprint density at radius 1 is 1.39 bits per heavy atom. The topological polar surface area (TPSA) is 86.5 Å². The average Bonchev–Trinajstić information content (AvgIpc) is 2.36. The number of esters is 1. The summed E-state index contributed by atoms with van der Waals surface area (Å²) in [5.41, 5.74) is -0.0413. The zero-order valence-corrected chi connectivity index (χ0v) is 9.92. The van der Waals surface area contributed by atoms with Gasteiger partial charge in [0, 0.05) is 17.7 Å². The molecule has 0 fully saturated rings. The van der Waals surface area contributed by atoms with Gasteiger partial charge in [0.1, 0.15) is 6.42 Å². The van der Waals surface area contributed by atoms with E-state index >= 15 is 0 Å². The van der Waals surface area contributed by atoms with Crippen LogP contribution in [0.2, 0.25) is 0 Å². The van der Waals surface area contributed by atoms with E-state index < -0.39 is 23.1 Å². The molecular formula is C12H13NO5. The van der Waals surface area contributed by atoms with E-state index in [2.05, 4.69) is 0 Å². The van der Waals surface area contributed by atoms with Crippen molar-refractivity contribution in [2.75, 3.05) is 6.61 Å². The molecule has 0 atom stereocenters. The lowest BCUT2D eigenvalue weighted by molar-refractivity contribution is -0.384. The van der Waals surface area contributed by atoms with Gasteiger partial charge < -0.3 is 4.74 Å². The van der Waals surface area contributed by atoms with Crippen molar-refractivity contribution in [3.63, 3.8) is 0 Å². The maximum absolute atomic E-state index is 11.7. The minimum Gasteiger partial charge on any atom is -0.465 e. The highest BCUT2D eigenvalue weighted by Gasteiger charge is 2.15. The van der Waals surface area contributed by atoms with E-state index in [1.807, 2.05) is 6.92 Å². The molecule has 96 valence electrons. The van der Waals surface area contributed by atoms with E-state index in [4.69, 9.17) is 4.74 Å². The van der Waals surface area contributed by atoms with Crippen LogP contribution in [-0.4, -0.2) is 23.3 Å². The Balaban J connectivity index is 2.69. The van der Waals surface area contributed by atoms with Crippen molar-refractivity contribution in [3.05, 3.63) is 39.9 Å². The molecule has 18 heavy (non-hydrogen) atoms. The number of nitrogens with zero attached hydrogens (tertiary/aromatic N) is 1. The van der Waals surface area contributed by atoms with Gasteiger partial charge in [-0.25, -0.2) is 0 Å². The van der Waals surface area contributed by atoms with Crippen molar-refractivity contribution >= 4 is 17.4 Å². The molecule has 0 spiro atoms. The van der Waals surface area contributed by atoms with Gasteiger partial charge in [0.05, 0.1) is 11.5 Å². The zero-order valence-electron chi connectivity index (χ0n) is 9.92. The van der Waals surface area contributed by atoms with Gasteiger partial charge in [0.2, 0.25) is 0 Å². The number of non-ortho nitro benzene ring substituents is 1. The first kappa shape index (κ1) is 13.8. The Bertz CT molecular complexity index is 469. The fourth-order valence-corrected chi connectivity index (χ4v) is 1.29. The summed E-state index contributed by atoms with van der Waals surface area (Å²) >= 11 is 0. The number of carbonyl (C=O) groups is 2. The van der Waals surface area contributed by atoms with Gasteiger partial charge in [-0.2, -0.15) is 0 Å². The molecule has 0 aromatic heterocycles. The molecule has 0 amide bonds. The Morgan fingerprint density at radius 2 is 2.11 bits per heavy atom. The third-order valence-electron chi connectivity index (χ3n) is 2.15. The molecular weight excluding hydrogens is 238 g/mol. The second kappa shape index (κ2) is 6.48. The highest BCUT2D eigenvalue weighted by Crippen LogP contribution is 2.14. The Labute approximate surface area is 104 Å². The highest BCUT2D eigenvalue weighted by molar-refractivity contribution is 6.06. The summed E-state index contributed by atoms with van der Waals surface area (Å²) in [6, 6.07) is 5.27. The monoisotopic (exact) mass is 251 g/mol. The van der Waals surface area contributed by atoms with Crippen LogP contribution in [0.1, 0.15) is 30.1 Å². The Kier molecular flexibility index (Phi) is 4.98. The second-order valence-corrected chi connectivity index (χ2v) is 3.63. The first-order valence-corrected chi connectivity index (χ1v) is 5.48. The molecule has 0 radical (unpaired) electrons. The van der Waals surface area contributed by atoms with Crippen LogP contribution in [0.25, 0.3) is 0 Å². The van der Waals surface area contributed by atoms with Gasteiger partial charge in [-0.15, -0.1) is 0 Å². The van der Waals surface area contributed by atoms with E-state index in [1.54, 1.807) is 0 Å². The predicted octanol–water partition coefficient (Wildman–Crippen LogP) is 2.12. The summed E-state index contributed by atoms with van der Waals surface area (Å²) in [4.78, 5) is 32.8. The van der Waals surface area contributed by atoms with Crippen molar-refractivity contribution in [2.45, 2.75) is 19.8 Å². The smallest absolute Gasteiger partial charge is 0.313 e. The number of carbonyl (C=O) groups excluding carboxylic acids is 2. The van der Waals surface area contributed by atoms with E-state index in [1.165, 1.54) is 18.2 Å². The number of ketones is 1. The Hall–Kier alpha value is -2.24. The van der Waals surface area contributed by atoms with Crippen LogP contribution in [-0.2, 0) is 9.53 Å². The lowest BCUT2D eigenvalue weighted by Gasteiger charge is -2.02. The van der Waals surface area contributed by atoms with Gasteiger partial charge in [0.15, 0.2) is 5.78 Å². The number of Topliss-reactive ketones (excluding diaryl/α,β-unsaturated/α-hetero) is 1. The summed E-state index contributed by atoms with van der Waals surface area (Å²) in [5, 5.41) is 10.5. The molecule has 6 heteroatoms. The van der Waals surface area contributed by atoms with Crippen LogP contribution < -0.4 is 0 Å². The van der Waals surface area contributed by atoms with E-state index in [9.17, 15) is 19.7 Å². The van der Waals surface area contributed by atoms with Gasteiger partial charge in [0.25, 0.3) is 5.69 Å². The molecule has 0 aliphatic carbocycles. The van der Waals surface area contributed by atoms with Gasteiger partial charge >= 0.3 is 5.97 Å². The highest BCUT2D eigenvalue weighted by atomic mass is 16.6. The molecule has 0 saturated heterocycles. The number of nitro groups is 1. The molecule has 0 bridgehead atoms. The number of hydrogen-bond donors (Lipinski definition) is 0. The molecule has 6 nitrogen and oxygen atoms in total. The number of ether oxygens (including phenoxy) is 1. The number of hydrogen-bond acceptors (Lipinski definition) is 5. The molecule has 1 rings (SSSR count). The molecule has 0 saturated carbocycles. The summed E-state index contributed by atoms with van der Waals surface area (Å²) in [7, 11) is 0. The second-order valence-electron chi connectivity index (χ2n) is 3.63. The van der Waals surface area contributed by atoms with Gasteiger partial charge in [-0.1, -0.05) is 19.1 Å². The number of benzene rings is 1. The first-order chi connectivity index (χ1) is 8.54. The van der Waals surface area contributed by atoms with Crippen LogP contribution >= 0.6 is 0 Å². The van der Waals surface area contributed by atoms with Crippen molar-refractivity contribution < 1.29 is 19.2 Å². The fourth-order valence-electron chi connectivity index (χ4n) is 1.29. The standard InChI is InChI=1S/C12H13NO5/c1-2-6-18-12(15)8-11(14)9-4-3-5-10(7-9)13(16)17/h3-5,7H,2,6,8H2,1H3. The third-order valence-corrected chi connectivity index (χ3v) is 2.15. The summed E-state index contributed by atoms with van der Waals surface area (Å²) in [6.45, 7) is 2.11. The zero-order chi connectivity index (χ0) is 13.5.